The number of nitrogens with zero attached hydrogens (tertiary/aromatic N) is 2. The lowest BCUT2D eigenvalue weighted by Gasteiger charge is -2.28. The van der Waals surface area contributed by atoms with Crippen molar-refractivity contribution in [3.8, 4) is 0 Å². The molecule has 0 aliphatic rings. The number of aliphatic hydroxyl groups is 1. The molecule has 2 atom stereocenters. The van der Waals surface area contributed by atoms with Crippen LogP contribution in [0.25, 0.3) is 0 Å². The van der Waals surface area contributed by atoms with Gasteiger partial charge in [-0.1, -0.05) is 0 Å². The molecule has 0 radical (unpaired) electrons. The molecule has 4 N–H and O–H groups in total. The van der Waals surface area contributed by atoms with E-state index in [2.05, 4.69) is 5.32 Å². The van der Waals surface area contributed by atoms with Crippen molar-refractivity contribution >= 4 is 28.9 Å². The summed E-state index contributed by atoms with van der Waals surface area (Å²) in [6.45, 7) is 1.33. The van der Waals surface area contributed by atoms with E-state index < -0.39 is 16.3 Å². The van der Waals surface area contributed by atoms with Crippen molar-refractivity contribution in [2.45, 2.75) is 18.3 Å². The second-order valence-electron chi connectivity index (χ2n) is 4.38. The number of rotatable bonds is 7. The van der Waals surface area contributed by atoms with Gasteiger partial charge in [0.15, 0.2) is 0 Å². The first-order valence-electron chi connectivity index (χ1n) is 6.17. The van der Waals surface area contributed by atoms with Crippen molar-refractivity contribution in [2.75, 3.05) is 18.2 Å². The van der Waals surface area contributed by atoms with Crippen molar-refractivity contribution < 1.29 is 14.8 Å². The lowest BCUT2D eigenvalue weighted by Crippen LogP contribution is -2.50. The zero-order valence-electron chi connectivity index (χ0n) is 11.4. The molecule has 0 saturated carbocycles. The Bertz CT molecular complexity index is 495. The van der Waals surface area contributed by atoms with Crippen LogP contribution in [-0.4, -0.2) is 40.5 Å². The molecule has 0 aliphatic carbocycles. The number of anilines is 1. The van der Waals surface area contributed by atoms with E-state index >= 15 is 0 Å². The quantitative estimate of drug-likeness (QED) is 0.289. The minimum absolute atomic E-state index is 0.0584. The highest BCUT2D eigenvalue weighted by atomic mass is 35.5. The summed E-state index contributed by atoms with van der Waals surface area (Å²) >= 11 is 5.62. The number of carbonyl (C=O) groups is 1. The summed E-state index contributed by atoms with van der Waals surface area (Å²) in [5.41, 5.74) is 0.421. The van der Waals surface area contributed by atoms with Gasteiger partial charge in [-0.15, -0.1) is 11.6 Å². The number of carbonyl (C=O) groups excluding carboxylic acids is 1. The number of alkyl halides is 1. The van der Waals surface area contributed by atoms with Gasteiger partial charge in [-0.25, -0.2) is 5.84 Å². The van der Waals surface area contributed by atoms with E-state index in [0.29, 0.717) is 5.69 Å². The Morgan fingerprint density at radius 1 is 1.52 bits per heavy atom. The molecular formula is C12H17ClN4O4. The fraction of sp³-hybridized carbons (Fsp3) is 0.417. The lowest BCUT2D eigenvalue weighted by atomic mass is 10.2. The molecular weight excluding hydrogens is 300 g/mol. The highest BCUT2D eigenvalue weighted by molar-refractivity contribution is 6.30. The van der Waals surface area contributed by atoms with Crippen molar-refractivity contribution in [1.29, 1.82) is 0 Å². The van der Waals surface area contributed by atoms with Crippen LogP contribution in [0.5, 0.6) is 0 Å². The van der Waals surface area contributed by atoms with E-state index in [1.807, 2.05) is 0 Å². The van der Waals surface area contributed by atoms with Gasteiger partial charge in [0.05, 0.1) is 23.3 Å². The standard InChI is InChI=1S/C12H17ClN4O4/c1-8(13)12(19)15-6-11(7-18)16(14)9-2-4-10(5-3-9)17(20)21/h2-5,8,11,18H,6-7,14H2,1H3,(H,15,19). The molecule has 1 amide bonds. The number of halogens is 1. The average Bonchev–Trinajstić information content (AvgIpc) is 2.47. The van der Waals surface area contributed by atoms with Crippen LogP contribution in [0.15, 0.2) is 24.3 Å². The SMILES string of the molecule is CC(Cl)C(=O)NCC(CO)N(N)c1ccc([N+](=O)[O-])cc1. The number of hydrogen-bond acceptors (Lipinski definition) is 6. The molecule has 21 heavy (non-hydrogen) atoms. The van der Waals surface area contributed by atoms with Gasteiger partial charge in [-0.2, -0.15) is 0 Å². The third-order valence-corrected chi connectivity index (χ3v) is 3.03. The van der Waals surface area contributed by atoms with E-state index in [1.165, 1.54) is 36.2 Å². The second kappa shape index (κ2) is 7.77. The predicted molar refractivity (Wildman–Crippen MR) is 79.0 cm³/mol. The molecule has 116 valence electrons. The normalized spacial score (nSPS) is 13.3. The summed E-state index contributed by atoms with van der Waals surface area (Å²) < 4.78 is 0. The number of hydrogen-bond donors (Lipinski definition) is 3. The number of nitrogens with two attached hydrogens (primary N) is 1. The Balaban J connectivity index is 2.71. The first-order valence-corrected chi connectivity index (χ1v) is 6.61. The first kappa shape index (κ1) is 17.2. The summed E-state index contributed by atoms with van der Waals surface area (Å²) in [5.74, 6) is 5.49. The topological polar surface area (TPSA) is 122 Å². The van der Waals surface area contributed by atoms with Gasteiger partial charge in [0.1, 0.15) is 5.38 Å². The maximum atomic E-state index is 11.4. The highest BCUT2D eigenvalue weighted by Gasteiger charge is 2.18. The second-order valence-corrected chi connectivity index (χ2v) is 5.03. The number of benzene rings is 1. The van der Waals surface area contributed by atoms with E-state index in [9.17, 15) is 20.0 Å². The number of aliphatic hydroxyl groups excluding tert-OH is 1. The predicted octanol–water partition coefficient (Wildman–Crippen LogP) is 0.379. The van der Waals surface area contributed by atoms with Gasteiger partial charge in [0, 0.05) is 18.7 Å². The van der Waals surface area contributed by atoms with Crippen LogP contribution in [0, 0.1) is 10.1 Å². The monoisotopic (exact) mass is 316 g/mol. The first-order chi connectivity index (χ1) is 9.86. The number of nitro groups is 1. The van der Waals surface area contributed by atoms with Crippen LogP contribution in [0.4, 0.5) is 11.4 Å². The minimum Gasteiger partial charge on any atom is -0.394 e. The molecule has 0 spiro atoms. The van der Waals surface area contributed by atoms with Gasteiger partial charge in [-0.3, -0.25) is 14.9 Å². The van der Waals surface area contributed by atoms with E-state index in [0.717, 1.165) is 0 Å². The van der Waals surface area contributed by atoms with E-state index in [-0.39, 0.29) is 24.7 Å². The number of hydrazine groups is 1. The molecule has 0 heterocycles. The number of non-ortho nitro benzene ring substituents is 1. The van der Waals surface area contributed by atoms with Crippen LogP contribution >= 0.6 is 11.6 Å². The van der Waals surface area contributed by atoms with E-state index in [4.69, 9.17) is 17.4 Å². The molecule has 8 nitrogen and oxygen atoms in total. The van der Waals surface area contributed by atoms with Crippen LogP contribution in [0.1, 0.15) is 6.92 Å². The van der Waals surface area contributed by atoms with Crippen molar-refractivity contribution in [3.05, 3.63) is 34.4 Å². The van der Waals surface area contributed by atoms with Crippen molar-refractivity contribution in [2.24, 2.45) is 5.84 Å². The molecule has 2 unspecified atom stereocenters. The fourth-order valence-corrected chi connectivity index (χ4v) is 1.64. The number of nitrogens with one attached hydrogen (secondary N) is 1. The summed E-state index contributed by atoms with van der Waals surface area (Å²) in [7, 11) is 0. The molecule has 1 aromatic rings. The van der Waals surface area contributed by atoms with Crippen molar-refractivity contribution in [1.82, 2.24) is 5.32 Å². The summed E-state index contributed by atoms with van der Waals surface area (Å²) in [6.07, 6.45) is 0. The largest absolute Gasteiger partial charge is 0.394 e. The lowest BCUT2D eigenvalue weighted by molar-refractivity contribution is -0.384. The third kappa shape index (κ3) is 4.85. The van der Waals surface area contributed by atoms with Gasteiger partial charge >= 0.3 is 0 Å². The highest BCUT2D eigenvalue weighted by Crippen LogP contribution is 2.18. The molecule has 0 fully saturated rings. The molecule has 0 aromatic heterocycles. The minimum atomic E-state index is -0.685. The third-order valence-electron chi connectivity index (χ3n) is 2.84. The summed E-state index contributed by atoms with van der Waals surface area (Å²) in [5, 5.41) is 23.0. The van der Waals surface area contributed by atoms with Gasteiger partial charge in [-0.05, 0) is 19.1 Å². The van der Waals surface area contributed by atoms with Gasteiger partial charge in [0.2, 0.25) is 5.91 Å². The Labute approximate surface area is 126 Å². The van der Waals surface area contributed by atoms with E-state index in [1.54, 1.807) is 0 Å². The van der Waals surface area contributed by atoms with Crippen LogP contribution < -0.4 is 16.2 Å². The average molecular weight is 317 g/mol. The Morgan fingerprint density at radius 2 is 2.10 bits per heavy atom. The Hall–Kier alpha value is -1.90. The molecule has 1 rings (SSSR count). The number of amides is 1. The van der Waals surface area contributed by atoms with Crippen LogP contribution in [-0.2, 0) is 4.79 Å². The maximum absolute atomic E-state index is 11.4. The Morgan fingerprint density at radius 3 is 2.52 bits per heavy atom. The maximum Gasteiger partial charge on any atom is 0.269 e. The van der Waals surface area contributed by atoms with Crippen molar-refractivity contribution in [3.63, 3.8) is 0 Å². The number of nitro benzene ring substituents is 1. The van der Waals surface area contributed by atoms with Crippen LogP contribution in [0.3, 0.4) is 0 Å². The Kier molecular flexibility index (Phi) is 6.35. The fourth-order valence-electron chi connectivity index (χ4n) is 1.57. The summed E-state index contributed by atoms with van der Waals surface area (Å²) in [4.78, 5) is 21.4. The molecule has 9 heteroatoms. The molecule has 1 aromatic carbocycles. The van der Waals surface area contributed by atoms with Crippen LogP contribution in [0.2, 0.25) is 0 Å². The molecule has 0 saturated heterocycles. The molecule has 0 aliphatic heterocycles. The van der Waals surface area contributed by atoms with Gasteiger partial charge < -0.3 is 15.4 Å². The zero-order chi connectivity index (χ0) is 16.0. The smallest absolute Gasteiger partial charge is 0.269 e. The molecule has 0 bridgehead atoms. The summed E-state index contributed by atoms with van der Waals surface area (Å²) in [6, 6.07) is 4.97. The van der Waals surface area contributed by atoms with Gasteiger partial charge in [0.25, 0.3) is 5.69 Å². The zero-order valence-corrected chi connectivity index (χ0v) is 12.2.